The van der Waals surface area contributed by atoms with E-state index < -0.39 is 5.97 Å². The zero-order valence-corrected chi connectivity index (χ0v) is 7.78. The predicted octanol–water partition coefficient (Wildman–Crippen LogP) is 1.14. The van der Waals surface area contributed by atoms with Gasteiger partial charge in [0.2, 0.25) is 0 Å². The van der Waals surface area contributed by atoms with Gasteiger partial charge in [-0.05, 0) is 0 Å². The summed E-state index contributed by atoms with van der Waals surface area (Å²) >= 11 is -0.138. The number of carboxylic acid groups (broad SMARTS) is 1. The summed E-state index contributed by atoms with van der Waals surface area (Å²) in [5.74, 6) is -0.619. The molecule has 0 bridgehead atoms. The monoisotopic (exact) mass is 192 g/mol. The second kappa shape index (κ2) is 6.15. The molecule has 0 saturated heterocycles. The van der Waals surface area contributed by atoms with Gasteiger partial charge in [-0.1, -0.05) is 0 Å². The molecule has 0 heterocycles. The first kappa shape index (κ1) is 9.03. The zero-order valence-electron chi connectivity index (χ0n) is 5.68. The van der Waals surface area contributed by atoms with Crippen LogP contribution in [0.4, 0.5) is 0 Å². The van der Waals surface area contributed by atoms with Crippen LogP contribution in [0.2, 0.25) is 10.4 Å². The first-order valence-corrected chi connectivity index (χ1v) is 6.16. The SMILES string of the molecule is CCCC[AsH]CC(=O)O. The maximum atomic E-state index is 9.99. The van der Waals surface area contributed by atoms with E-state index in [9.17, 15) is 4.79 Å². The second-order valence-corrected chi connectivity index (χ2v) is 4.76. The van der Waals surface area contributed by atoms with Crippen molar-refractivity contribution in [2.24, 2.45) is 0 Å². The van der Waals surface area contributed by atoms with Gasteiger partial charge in [0.15, 0.2) is 0 Å². The third-order valence-electron chi connectivity index (χ3n) is 0.983. The van der Waals surface area contributed by atoms with Crippen LogP contribution in [0.25, 0.3) is 0 Å². The summed E-state index contributed by atoms with van der Waals surface area (Å²) in [5, 5.41) is 9.89. The summed E-state index contributed by atoms with van der Waals surface area (Å²) in [6, 6.07) is 0. The van der Waals surface area contributed by atoms with Crippen molar-refractivity contribution in [3.05, 3.63) is 0 Å². The zero-order chi connectivity index (χ0) is 7.11. The number of carbonyl (C=O) groups is 1. The van der Waals surface area contributed by atoms with Crippen LogP contribution >= 0.6 is 0 Å². The van der Waals surface area contributed by atoms with Crippen LogP contribution in [0.15, 0.2) is 0 Å². The van der Waals surface area contributed by atoms with Crippen molar-refractivity contribution in [3.63, 3.8) is 0 Å². The molecule has 0 amide bonds. The Kier molecular flexibility index (Phi) is 6.17. The third-order valence-corrected chi connectivity index (χ3v) is 3.63. The first-order chi connectivity index (χ1) is 4.27. The number of aliphatic carboxylic acids is 1. The molecule has 9 heavy (non-hydrogen) atoms. The Labute approximate surface area is 62.3 Å². The van der Waals surface area contributed by atoms with Gasteiger partial charge in [-0.15, -0.1) is 0 Å². The molecule has 0 aliphatic rings. The maximum absolute atomic E-state index is 9.99. The van der Waals surface area contributed by atoms with Crippen LogP contribution in [-0.2, 0) is 4.79 Å². The van der Waals surface area contributed by atoms with E-state index in [1.54, 1.807) is 0 Å². The van der Waals surface area contributed by atoms with E-state index in [-0.39, 0.29) is 15.8 Å². The molecule has 0 rings (SSSR count). The average molecular weight is 192 g/mol. The number of hydrogen-bond acceptors (Lipinski definition) is 1. The van der Waals surface area contributed by atoms with Gasteiger partial charge in [0, 0.05) is 0 Å². The Morgan fingerprint density at radius 1 is 1.67 bits per heavy atom. The molecule has 2 nitrogen and oxygen atoms in total. The molecule has 0 fully saturated rings. The second-order valence-electron chi connectivity index (χ2n) is 1.92. The Hall–Kier alpha value is 0.0284. The molecule has 0 aromatic rings. The molecular formula is C6H13AsO2. The van der Waals surface area contributed by atoms with Gasteiger partial charge in [-0.3, -0.25) is 0 Å². The number of hydrogen-bond donors (Lipinski definition) is 1. The van der Waals surface area contributed by atoms with Gasteiger partial charge in [0.05, 0.1) is 0 Å². The van der Waals surface area contributed by atoms with Crippen molar-refractivity contribution < 1.29 is 9.90 Å². The quantitative estimate of drug-likeness (QED) is 0.524. The summed E-state index contributed by atoms with van der Waals surface area (Å²) in [7, 11) is 0. The Morgan fingerprint density at radius 3 is 2.78 bits per heavy atom. The van der Waals surface area contributed by atoms with Gasteiger partial charge in [-0.2, -0.15) is 0 Å². The minimum absolute atomic E-state index is 0.138. The number of carboxylic acids is 1. The van der Waals surface area contributed by atoms with E-state index in [0.717, 1.165) is 0 Å². The Morgan fingerprint density at radius 2 is 2.33 bits per heavy atom. The van der Waals surface area contributed by atoms with Crippen LogP contribution in [0.1, 0.15) is 19.8 Å². The van der Waals surface area contributed by atoms with E-state index in [1.165, 1.54) is 18.1 Å². The van der Waals surface area contributed by atoms with E-state index >= 15 is 0 Å². The third kappa shape index (κ3) is 8.03. The summed E-state index contributed by atoms with van der Waals surface area (Å²) in [6.45, 7) is 2.13. The Bertz CT molecular complexity index is 83.1. The van der Waals surface area contributed by atoms with Gasteiger partial charge in [0.25, 0.3) is 0 Å². The van der Waals surface area contributed by atoms with Crippen LogP contribution in [0, 0.1) is 0 Å². The normalized spacial score (nSPS) is 10.8. The standard InChI is InChI=1S/C6H13AsO2/c1-2-3-4-7-5-6(8)9/h7H,2-5H2,1H3,(H,8,9). The topological polar surface area (TPSA) is 37.3 Å². The van der Waals surface area contributed by atoms with E-state index in [1.807, 2.05) is 0 Å². The van der Waals surface area contributed by atoms with Gasteiger partial charge >= 0.3 is 61.8 Å². The molecule has 3 heteroatoms. The first-order valence-electron chi connectivity index (χ1n) is 3.20. The average Bonchev–Trinajstić information content (AvgIpc) is 1.80. The Balaban J connectivity index is 2.83. The van der Waals surface area contributed by atoms with Gasteiger partial charge < -0.3 is 0 Å². The summed E-state index contributed by atoms with van der Waals surface area (Å²) < 4.78 is 0. The fourth-order valence-electron chi connectivity index (χ4n) is 0.497. The molecule has 0 aromatic carbocycles. The van der Waals surface area contributed by atoms with Crippen molar-refractivity contribution in [3.8, 4) is 0 Å². The van der Waals surface area contributed by atoms with Crippen molar-refractivity contribution in [1.82, 2.24) is 0 Å². The van der Waals surface area contributed by atoms with Gasteiger partial charge in [0.1, 0.15) is 0 Å². The number of rotatable bonds is 5. The molecule has 0 aliphatic carbocycles. The van der Waals surface area contributed by atoms with Crippen LogP contribution in [-0.4, -0.2) is 26.8 Å². The van der Waals surface area contributed by atoms with Crippen molar-refractivity contribution in [1.29, 1.82) is 0 Å². The molecule has 0 spiro atoms. The van der Waals surface area contributed by atoms with E-state index in [2.05, 4.69) is 6.92 Å². The predicted molar refractivity (Wildman–Crippen MR) is 39.3 cm³/mol. The van der Waals surface area contributed by atoms with E-state index in [4.69, 9.17) is 5.11 Å². The summed E-state index contributed by atoms with van der Waals surface area (Å²) in [6.07, 6.45) is 2.41. The molecule has 1 atom stereocenters. The minimum atomic E-state index is -0.619. The van der Waals surface area contributed by atoms with Crippen molar-refractivity contribution in [2.45, 2.75) is 30.2 Å². The molecule has 54 valence electrons. The molecule has 1 unspecified atom stereocenters. The molecule has 0 radical (unpaired) electrons. The number of unbranched alkanes of at least 4 members (excludes halogenated alkanes) is 1. The fourth-order valence-corrected chi connectivity index (χ4v) is 2.58. The van der Waals surface area contributed by atoms with Crippen LogP contribution in [0.3, 0.4) is 0 Å². The molecular weight excluding hydrogens is 179 g/mol. The fraction of sp³-hybridized carbons (Fsp3) is 0.833. The molecule has 1 N–H and O–H groups in total. The molecule has 0 aromatic heterocycles. The van der Waals surface area contributed by atoms with Crippen LogP contribution < -0.4 is 0 Å². The van der Waals surface area contributed by atoms with Crippen LogP contribution in [0.5, 0.6) is 0 Å². The summed E-state index contributed by atoms with van der Waals surface area (Å²) in [5.41, 5.74) is 0. The summed E-state index contributed by atoms with van der Waals surface area (Å²) in [4.78, 5) is 9.99. The van der Waals surface area contributed by atoms with Crippen molar-refractivity contribution in [2.75, 3.05) is 0 Å². The van der Waals surface area contributed by atoms with Crippen molar-refractivity contribution >= 4 is 21.7 Å². The van der Waals surface area contributed by atoms with E-state index in [0.29, 0.717) is 5.21 Å². The molecule has 0 saturated carbocycles. The molecule has 0 aliphatic heterocycles. The van der Waals surface area contributed by atoms with Gasteiger partial charge in [-0.25, -0.2) is 0 Å².